The maximum Gasteiger partial charge on any atom is 0.0716 e. The highest BCUT2D eigenvalue weighted by molar-refractivity contribution is 5.13. The van der Waals surface area contributed by atoms with E-state index in [2.05, 4.69) is 23.5 Å². The van der Waals surface area contributed by atoms with Gasteiger partial charge in [-0.05, 0) is 25.5 Å². The zero-order valence-corrected chi connectivity index (χ0v) is 10.4. The van der Waals surface area contributed by atoms with Crippen LogP contribution >= 0.6 is 0 Å². The third-order valence-corrected chi connectivity index (χ3v) is 2.42. The Bertz CT molecular complexity index is 332. The van der Waals surface area contributed by atoms with Gasteiger partial charge in [-0.25, -0.2) is 0 Å². The van der Waals surface area contributed by atoms with Crippen LogP contribution < -0.4 is 5.32 Å². The van der Waals surface area contributed by atoms with Crippen molar-refractivity contribution >= 4 is 0 Å². The second-order valence-corrected chi connectivity index (χ2v) is 4.13. The van der Waals surface area contributed by atoms with Crippen molar-refractivity contribution in [2.24, 2.45) is 5.92 Å². The van der Waals surface area contributed by atoms with Gasteiger partial charge in [-0.1, -0.05) is 30.3 Å². The summed E-state index contributed by atoms with van der Waals surface area (Å²) in [6.45, 7) is 5.01. The molecule has 0 saturated heterocycles. The third kappa shape index (κ3) is 6.72. The molecule has 0 aliphatic carbocycles. The number of nitriles is 1. The molecule has 0 heterocycles. The number of hydrogen-bond acceptors (Lipinski definition) is 3. The monoisotopic (exact) mass is 232 g/mol. The maximum absolute atomic E-state index is 8.59. The van der Waals surface area contributed by atoms with E-state index in [9.17, 15) is 0 Å². The average molecular weight is 232 g/mol. The minimum Gasteiger partial charge on any atom is -0.377 e. The van der Waals surface area contributed by atoms with Crippen molar-refractivity contribution in [3.8, 4) is 6.07 Å². The van der Waals surface area contributed by atoms with Crippen LogP contribution in [0, 0.1) is 17.2 Å². The molecule has 1 atom stereocenters. The van der Waals surface area contributed by atoms with Gasteiger partial charge >= 0.3 is 0 Å². The van der Waals surface area contributed by atoms with Crippen molar-refractivity contribution in [1.82, 2.24) is 5.32 Å². The molecule has 0 saturated carbocycles. The van der Waals surface area contributed by atoms with E-state index in [0.717, 1.165) is 26.1 Å². The highest BCUT2D eigenvalue weighted by Gasteiger charge is 1.97. The maximum atomic E-state index is 8.59. The summed E-state index contributed by atoms with van der Waals surface area (Å²) in [6.07, 6.45) is 0.977. The highest BCUT2D eigenvalue weighted by Crippen LogP contribution is 2.00. The number of ether oxygens (including phenoxy) is 1. The van der Waals surface area contributed by atoms with Crippen molar-refractivity contribution < 1.29 is 4.74 Å². The second kappa shape index (κ2) is 8.74. The molecule has 0 spiro atoms. The Morgan fingerprint density at radius 3 is 2.82 bits per heavy atom. The Kier molecular flexibility index (Phi) is 7.04. The van der Waals surface area contributed by atoms with Crippen LogP contribution in [0.15, 0.2) is 30.3 Å². The van der Waals surface area contributed by atoms with Crippen molar-refractivity contribution in [2.45, 2.75) is 20.0 Å². The SMILES string of the molecule is CC(C#N)CNCCCOCc1ccccc1. The largest absolute Gasteiger partial charge is 0.377 e. The lowest BCUT2D eigenvalue weighted by atomic mass is 10.2. The van der Waals surface area contributed by atoms with E-state index in [-0.39, 0.29) is 5.92 Å². The first-order valence-corrected chi connectivity index (χ1v) is 6.05. The molecular formula is C14H20N2O. The van der Waals surface area contributed by atoms with E-state index in [1.54, 1.807) is 0 Å². The summed E-state index contributed by atoms with van der Waals surface area (Å²) in [6, 6.07) is 12.4. The predicted octanol–water partition coefficient (Wildman–Crippen LogP) is 2.34. The molecule has 1 unspecified atom stereocenters. The van der Waals surface area contributed by atoms with Gasteiger partial charge in [-0.2, -0.15) is 5.26 Å². The predicted molar refractivity (Wildman–Crippen MR) is 68.4 cm³/mol. The fourth-order valence-corrected chi connectivity index (χ4v) is 1.43. The zero-order valence-electron chi connectivity index (χ0n) is 10.4. The van der Waals surface area contributed by atoms with Crippen LogP contribution in [-0.4, -0.2) is 19.7 Å². The normalized spacial score (nSPS) is 12.0. The zero-order chi connectivity index (χ0) is 12.3. The third-order valence-electron chi connectivity index (χ3n) is 2.42. The van der Waals surface area contributed by atoms with Gasteiger partial charge in [0, 0.05) is 13.2 Å². The molecule has 3 heteroatoms. The van der Waals surface area contributed by atoms with Crippen LogP contribution in [0.4, 0.5) is 0 Å². The minimum absolute atomic E-state index is 0.0836. The van der Waals surface area contributed by atoms with Crippen LogP contribution in [-0.2, 0) is 11.3 Å². The van der Waals surface area contributed by atoms with Crippen molar-refractivity contribution in [3.63, 3.8) is 0 Å². The first-order chi connectivity index (χ1) is 8.33. The molecule has 3 nitrogen and oxygen atoms in total. The molecule has 0 bridgehead atoms. The van der Waals surface area contributed by atoms with Gasteiger partial charge in [-0.15, -0.1) is 0 Å². The molecule has 17 heavy (non-hydrogen) atoms. The molecule has 0 amide bonds. The molecular weight excluding hydrogens is 212 g/mol. The fourth-order valence-electron chi connectivity index (χ4n) is 1.43. The highest BCUT2D eigenvalue weighted by atomic mass is 16.5. The van der Waals surface area contributed by atoms with Gasteiger partial charge in [0.15, 0.2) is 0 Å². The van der Waals surface area contributed by atoms with Gasteiger partial charge in [-0.3, -0.25) is 0 Å². The Morgan fingerprint density at radius 2 is 2.12 bits per heavy atom. The lowest BCUT2D eigenvalue weighted by molar-refractivity contribution is 0.118. The van der Waals surface area contributed by atoms with E-state index in [4.69, 9.17) is 10.00 Å². The summed E-state index contributed by atoms with van der Waals surface area (Å²) in [4.78, 5) is 0. The fraction of sp³-hybridized carbons (Fsp3) is 0.500. The van der Waals surface area contributed by atoms with Gasteiger partial charge in [0.1, 0.15) is 0 Å². The van der Waals surface area contributed by atoms with Crippen molar-refractivity contribution in [2.75, 3.05) is 19.7 Å². The van der Waals surface area contributed by atoms with Crippen LogP contribution in [0.25, 0.3) is 0 Å². The number of hydrogen-bond donors (Lipinski definition) is 1. The van der Waals surface area contributed by atoms with Crippen LogP contribution in [0.2, 0.25) is 0 Å². The van der Waals surface area contributed by atoms with Gasteiger partial charge in [0.2, 0.25) is 0 Å². The van der Waals surface area contributed by atoms with Crippen molar-refractivity contribution in [1.29, 1.82) is 5.26 Å². The van der Waals surface area contributed by atoms with E-state index in [0.29, 0.717) is 6.61 Å². The molecule has 0 aromatic heterocycles. The Hall–Kier alpha value is -1.37. The Balaban J connectivity index is 1.93. The number of nitrogens with one attached hydrogen (secondary N) is 1. The van der Waals surface area contributed by atoms with E-state index >= 15 is 0 Å². The molecule has 0 radical (unpaired) electrons. The lowest BCUT2D eigenvalue weighted by Gasteiger charge is -2.06. The quantitative estimate of drug-likeness (QED) is 0.700. The average Bonchev–Trinajstić information content (AvgIpc) is 2.38. The number of nitrogens with zero attached hydrogens (tertiary/aromatic N) is 1. The van der Waals surface area contributed by atoms with Crippen LogP contribution in [0.5, 0.6) is 0 Å². The summed E-state index contributed by atoms with van der Waals surface area (Å²) >= 11 is 0. The number of rotatable bonds is 8. The first kappa shape index (κ1) is 13.7. The molecule has 0 aliphatic heterocycles. The molecule has 1 N–H and O–H groups in total. The Morgan fingerprint density at radius 1 is 1.35 bits per heavy atom. The Labute approximate surface area is 103 Å². The molecule has 1 aromatic carbocycles. The first-order valence-electron chi connectivity index (χ1n) is 6.05. The molecule has 0 fully saturated rings. The summed E-state index contributed by atoms with van der Waals surface area (Å²) in [5.74, 6) is 0.0836. The molecule has 1 rings (SSSR count). The van der Waals surface area contributed by atoms with Crippen LogP contribution in [0.3, 0.4) is 0 Å². The van der Waals surface area contributed by atoms with Gasteiger partial charge in [0.05, 0.1) is 18.6 Å². The van der Waals surface area contributed by atoms with E-state index in [1.165, 1.54) is 5.56 Å². The summed E-state index contributed by atoms with van der Waals surface area (Å²) in [7, 11) is 0. The standard InChI is InChI=1S/C14H20N2O/c1-13(10-15)11-16-8-5-9-17-12-14-6-3-2-4-7-14/h2-4,6-7,13,16H,5,8-9,11-12H2,1H3. The summed E-state index contributed by atoms with van der Waals surface area (Å²) in [5, 5.41) is 11.8. The van der Waals surface area contributed by atoms with E-state index in [1.807, 2.05) is 25.1 Å². The van der Waals surface area contributed by atoms with Gasteiger partial charge in [0.25, 0.3) is 0 Å². The van der Waals surface area contributed by atoms with Crippen LogP contribution in [0.1, 0.15) is 18.9 Å². The summed E-state index contributed by atoms with van der Waals surface area (Å²) in [5.41, 5.74) is 1.21. The van der Waals surface area contributed by atoms with Crippen molar-refractivity contribution in [3.05, 3.63) is 35.9 Å². The molecule has 92 valence electrons. The smallest absolute Gasteiger partial charge is 0.0716 e. The lowest BCUT2D eigenvalue weighted by Crippen LogP contribution is -2.22. The molecule has 0 aliphatic rings. The minimum atomic E-state index is 0.0836. The number of benzene rings is 1. The molecule has 1 aromatic rings. The second-order valence-electron chi connectivity index (χ2n) is 4.13. The van der Waals surface area contributed by atoms with Gasteiger partial charge < -0.3 is 10.1 Å². The van der Waals surface area contributed by atoms with E-state index < -0.39 is 0 Å². The topological polar surface area (TPSA) is 45.0 Å². The summed E-state index contributed by atoms with van der Waals surface area (Å²) < 4.78 is 5.55.